The number of azide groups is 1. The van der Waals surface area contributed by atoms with Crippen LogP contribution in [0.2, 0.25) is 16.6 Å². The number of methoxy groups -OCH3 is 1. The minimum absolute atomic E-state index is 0.0158. The summed E-state index contributed by atoms with van der Waals surface area (Å²) in [6.45, 7) is 25.9. The van der Waals surface area contributed by atoms with Gasteiger partial charge in [0.25, 0.3) is 0 Å². The SMILES string of the molecule is C=C(COCc1ccccc1)C[C@@H](C)C[C@@H](O[Si](C(C)C)(C(C)C)C(C)C)[C@H]1OC(OC)([C@@H](C)C[C@@H](C)CN=[N+]=[N-])C[C@@H]1O. The standard InChI is InChI=1S/C35H61N3O5Si/c1-24(2)44(25(3)4,26(5)6)43-33(19-27(7)17-29(9)22-41-23-31-15-13-12-14-16-31)34-32(39)20-35(40-11,42-34)30(10)18-28(8)21-37-38-36/h12-16,24-28,30,32-34,39H,9,17-23H2,1-8,10-11H3/t27-,28-,30+,32+,33-,34+,35?/m1/s1. The second kappa shape index (κ2) is 17.8. The number of benzene rings is 1. The molecule has 1 saturated heterocycles. The summed E-state index contributed by atoms with van der Waals surface area (Å²) >= 11 is 0. The molecule has 250 valence electrons. The van der Waals surface area contributed by atoms with Gasteiger partial charge in [0.05, 0.1) is 25.4 Å². The molecule has 1 aliphatic heterocycles. The predicted molar refractivity (Wildman–Crippen MR) is 182 cm³/mol. The van der Waals surface area contributed by atoms with E-state index in [1.165, 1.54) is 0 Å². The summed E-state index contributed by atoms with van der Waals surface area (Å²) in [7, 11) is -0.640. The Bertz CT molecular complexity index is 1030. The summed E-state index contributed by atoms with van der Waals surface area (Å²) in [6.07, 6.45) is 1.14. The fraction of sp³-hybridized carbons (Fsp3) is 0.771. The van der Waals surface area contributed by atoms with Gasteiger partial charge < -0.3 is 23.7 Å². The van der Waals surface area contributed by atoms with Crippen molar-refractivity contribution in [2.24, 2.45) is 22.9 Å². The van der Waals surface area contributed by atoms with Crippen molar-refractivity contribution in [1.82, 2.24) is 0 Å². The lowest BCUT2D eigenvalue weighted by atomic mass is 9.87. The van der Waals surface area contributed by atoms with Gasteiger partial charge in [-0.3, -0.25) is 0 Å². The summed E-state index contributed by atoms with van der Waals surface area (Å²) in [5, 5.41) is 15.4. The number of rotatable bonds is 20. The first kappa shape index (κ1) is 38.5. The molecule has 1 aliphatic rings. The number of aliphatic hydroxyl groups excluding tert-OH is 1. The molecule has 8 nitrogen and oxygen atoms in total. The maximum atomic E-state index is 11.6. The molecular weight excluding hydrogens is 570 g/mol. The van der Waals surface area contributed by atoms with Gasteiger partial charge in [-0.25, -0.2) is 0 Å². The first-order chi connectivity index (χ1) is 20.7. The average Bonchev–Trinajstić information content (AvgIpc) is 3.31. The van der Waals surface area contributed by atoms with Crippen LogP contribution >= 0.6 is 0 Å². The highest BCUT2D eigenvalue weighted by Gasteiger charge is 2.55. The topological polar surface area (TPSA) is 106 Å². The molecule has 1 heterocycles. The van der Waals surface area contributed by atoms with Crippen molar-refractivity contribution in [3.63, 3.8) is 0 Å². The Hall–Kier alpha value is -1.71. The number of nitrogens with zero attached hydrogens (tertiary/aromatic N) is 3. The minimum atomic E-state index is -2.30. The average molecular weight is 632 g/mol. The van der Waals surface area contributed by atoms with Crippen LogP contribution in [0.15, 0.2) is 47.6 Å². The number of aliphatic hydroxyl groups is 1. The van der Waals surface area contributed by atoms with E-state index in [9.17, 15) is 5.11 Å². The van der Waals surface area contributed by atoms with Crippen LogP contribution in [0.1, 0.15) is 93.6 Å². The van der Waals surface area contributed by atoms with Gasteiger partial charge in [0.2, 0.25) is 8.32 Å². The lowest BCUT2D eigenvalue weighted by molar-refractivity contribution is -0.253. The Labute approximate surface area is 268 Å². The van der Waals surface area contributed by atoms with Crippen LogP contribution in [-0.2, 0) is 25.2 Å². The van der Waals surface area contributed by atoms with Gasteiger partial charge in [0.15, 0.2) is 5.79 Å². The lowest BCUT2D eigenvalue weighted by Crippen LogP contribution is -2.54. The summed E-state index contributed by atoms with van der Waals surface area (Å²) in [5.41, 5.74) is 12.2. The van der Waals surface area contributed by atoms with Gasteiger partial charge >= 0.3 is 0 Å². The number of ether oxygens (including phenoxy) is 3. The van der Waals surface area contributed by atoms with E-state index >= 15 is 0 Å². The normalized spacial score (nSPS) is 23.5. The van der Waals surface area contributed by atoms with E-state index in [2.05, 4.69) is 91.1 Å². The van der Waals surface area contributed by atoms with Crippen molar-refractivity contribution in [3.8, 4) is 0 Å². The summed E-state index contributed by atoms with van der Waals surface area (Å²) in [6, 6.07) is 10.2. The van der Waals surface area contributed by atoms with Crippen LogP contribution in [0.5, 0.6) is 0 Å². The van der Waals surface area contributed by atoms with E-state index in [4.69, 9.17) is 24.2 Å². The molecule has 1 aromatic rings. The molecule has 0 saturated carbocycles. The molecule has 0 amide bonds. The largest absolute Gasteiger partial charge is 0.410 e. The fourth-order valence-electron chi connectivity index (χ4n) is 7.61. The monoisotopic (exact) mass is 631 g/mol. The molecule has 0 aliphatic carbocycles. The second-order valence-corrected chi connectivity index (χ2v) is 19.7. The Balaban J connectivity index is 2.27. The van der Waals surface area contributed by atoms with E-state index in [1.54, 1.807) is 7.11 Å². The first-order valence-electron chi connectivity index (χ1n) is 16.6. The van der Waals surface area contributed by atoms with Crippen molar-refractivity contribution in [2.45, 2.75) is 135 Å². The zero-order chi connectivity index (χ0) is 33.1. The van der Waals surface area contributed by atoms with Crippen molar-refractivity contribution in [3.05, 3.63) is 58.5 Å². The van der Waals surface area contributed by atoms with Gasteiger partial charge in [-0.15, -0.1) is 0 Å². The molecule has 1 unspecified atom stereocenters. The van der Waals surface area contributed by atoms with Crippen LogP contribution in [0, 0.1) is 17.8 Å². The van der Waals surface area contributed by atoms with Crippen molar-refractivity contribution in [2.75, 3.05) is 20.3 Å². The lowest BCUT2D eigenvalue weighted by Gasteiger charge is -2.46. The molecule has 9 heteroatoms. The Morgan fingerprint density at radius 1 is 1.05 bits per heavy atom. The molecule has 1 fully saturated rings. The molecule has 0 spiro atoms. The zero-order valence-electron chi connectivity index (χ0n) is 29.2. The molecule has 0 bridgehead atoms. The third-order valence-corrected chi connectivity index (χ3v) is 15.8. The van der Waals surface area contributed by atoms with Crippen LogP contribution in [0.4, 0.5) is 0 Å². The summed E-state index contributed by atoms with van der Waals surface area (Å²) in [4.78, 5) is 2.92. The molecule has 44 heavy (non-hydrogen) atoms. The smallest absolute Gasteiger partial charge is 0.200 e. The van der Waals surface area contributed by atoms with Crippen LogP contribution < -0.4 is 0 Å². The fourth-order valence-corrected chi connectivity index (χ4v) is 13.2. The van der Waals surface area contributed by atoms with Gasteiger partial charge in [-0.05, 0) is 58.8 Å². The van der Waals surface area contributed by atoms with Crippen LogP contribution in [0.25, 0.3) is 10.4 Å². The summed E-state index contributed by atoms with van der Waals surface area (Å²) in [5.74, 6) is -0.539. The third kappa shape index (κ3) is 10.1. The van der Waals surface area contributed by atoms with Gasteiger partial charge in [0, 0.05) is 30.9 Å². The highest BCUT2D eigenvalue weighted by atomic mass is 28.4. The van der Waals surface area contributed by atoms with Crippen molar-refractivity contribution < 1.29 is 23.7 Å². The van der Waals surface area contributed by atoms with Gasteiger partial charge in [-0.1, -0.05) is 110 Å². The molecule has 7 atom stereocenters. The zero-order valence-corrected chi connectivity index (χ0v) is 30.2. The maximum absolute atomic E-state index is 11.6. The Morgan fingerprint density at radius 2 is 1.66 bits per heavy atom. The Kier molecular flexibility index (Phi) is 15.6. The molecule has 1 aromatic carbocycles. The van der Waals surface area contributed by atoms with Crippen molar-refractivity contribution >= 4 is 8.32 Å². The molecular formula is C35H61N3O5Si. The minimum Gasteiger partial charge on any atom is -0.410 e. The van der Waals surface area contributed by atoms with Gasteiger partial charge in [-0.2, -0.15) is 0 Å². The van der Waals surface area contributed by atoms with E-state index in [-0.39, 0.29) is 23.9 Å². The molecule has 1 N–H and O–H groups in total. The quantitative estimate of drug-likeness (QED) is 0.0508. The summed E-state index contributed by atoms with van der Waals surface area (Å²) < 4.78 is 26.3. The van der Waals surface area contributed by atoms with Crippen LogP contribution in [0.3, 0.4) is 0 Å². The van der Waals surface area contributed by atoms with E-state index in [0.29, 0.717) is 42.8 Å². The van der Waals surface area contributed by atoms with E-state index in [0.717, 1.165) is 30.4 Å². The van der Waals surface area contributed by atoms with E-state index < -0.39 is 26.3 Å². The predicted octanol–water partition coefficient (Wildman–Crippen LogP) is 9.20. The molecule has 2 rings (SSSR count). The van der Waals surface area contributed by atoms with Crippen LogP contribution in [-0.4, -0.2) is 57.8 Å². The van der Waals surface area contributed by atoms with Crippen molar-refractivity contribution in [1.29, 1.82) is 0 Å². The number of hydrogen-bond acceptors (Lipinski definition) is 6. The third-order valence-electron chi connectivity index (χ3n) is 9.64. The highest BCUT2D eigenvalue weighted by molar-refractivity contribution is 6.77. The Morgan fingerprint density at radius 3 is 2.20 bits per heavy atom. The molecule has 0 aromatic heterocycles. The highest BCUT2D eigenvalue weighted by Crippen LogP contribution is 2.47. The van der Waals surface area contributed by atoms with E-state index in [1.807, 2.05) is 18.2 Å². The number of hydrogen-bond donors (Lipinski definition) is 1. The second-order valence-electron chi connectivity index (χ2n) is 14.3. The van der Waals surface area contributed by atoms with Gasteiger partial charge in [0.1, 0.15) is 6.10 Å². The molecule has 0 radical (unpaired) electrons. The first-order valence-corrected chi connectivity index (χ1v) is 18.7. The maximum Gasteiger partial charge on any atom is 0.200 e.